The Morgan fingerprint density at radius 2 is 1.96 bits per heavy atom. The summed E-state index contributed by atoms with van der Waals surface area (Å²) in [5.41, 5.74) is 4.61. The van der Waals surface area contributed by atoms with Gasteiger partial charge in [-0.25, -0.2) is 4.99 Å². The molecular weight excluding hydrogens is 424 g/mol. The minimum atomic E-state index is -0.178. The Labute approximate surface area is 171 Å². The molecular formula is C21H19BrN2O2S. The third-order valence-electron chi connectivity index (χ3n) is 4.07. The molecule has 1 fully saturated rings. The lowest BCUT2D eigenvalue weighted by atomic mass is 10.1. The Balaban J connectivity index is 1.86. The van der Waals surface area contributed by atoms with Gasteiger partial charge < -0.3 is 10.4 Å². The summed E-state index contributed by atoms with van der Waals surface area (Å²) in [6.07, 6.45) is 4.10. The molecule has 0 spiro atoms. The van der Waals surface area contributed by atoms with E-state index in [9.17, 15) is 9.90 Å². The fourth-order valence-electron chi connectivity index (χ4n) is 2.75. The van der Waals surface area contributed by atoms with E-state index in [1.807, 2.05) is 32.0 Å². The van der Waals surface area contributed by atoms with Crippen LogP contribution in [0.3, 0.4) is 0 Å². The Bertz CT molecular complexity index is 973. The number of aromatic hydroxyl groups is 1. The number of thioether (sulfide) groups is 1. The smallest absolute Gasteiger partial charge is 0.264 e. The van der Waals surface area contributed by atoms with Crippen LogP contribution in [-0.4, -0.2) is 16.2 Å². The highest BCUT2D eigenvalue weighted by Gasteiger charge is 2.24. The summed E-state index contributed by atoms with van der Waals surface area (Å²) in [7, 11) is 0. The van der Waals surface area contributed by atoms with Crippen LogP contribution in [0.2, 0.25) is 0 Å². The Kier molecular flexibility index (Phi) is 5.87. The maximum atomic E-state index is 12.3. The zero-order chi connectivity index (χ0) is 19.6. The zero-order valence-corrected chi connectivity index (χ0v) is 17.4. The maximum Gasteiger partial charge on any atom is 0.264 e. The molecule has 0 unspecified atom stereocenters. The predicted octanol–water partition coefficient (Wildman–Crippen LogP) is 5.39. The number of carbonyl (C=O) groups is 1. The van der Waals surface area contributed by atoms with Gasteiger partial charge >= 0.3 is 0 Å². The normalized spacial score (nSPS) is 16.8. The van der Waals surface area contributed by atoms with Gasteiger partial charge in [-0.15, -0.1) is 6.58 Å². The van der Waals surface area contributed by atoms with Crippen LogP contribution in [0.4, 0.5) is 5.69 Å². The van der Waals surface area contributed by atoms with Crippen molar-refractivity contribution < 1.29 is 9.90 Å². The zero-order valence-electron chi connectivity index (χ0n) is 15.0. The first-order chi connectivity index (χ1) is 12.9. The maximum absolute atomic E-state index is 12.3. The number of phenols is 1. The molecule has 2 aromatic carbocycles. The van der Waals surface area contributed by atoms with Gasteiger partial charge in [-0.1, -0.05) is 28.1 Å². The number of hydrogen-bond donors (Lipinski definition) is 2. The molecule has 0 atom stereocenters. The summed E-state index contributed by atoms with van der Waals surface area (Å²) < 4.78 is 1.07. The monoisotopic (exact) mass is 442 g/mol. The molecule has 138 valence electrons. The molecule has 6 heteroatoms. The van der Waals surface area contributed by atoms with Crippen LogP contribution in [0.5, 0.6) is 5.75 Å². The quantitative estimate of drug-likeness (QED) is 0.492. The van der Waals surface area contributed by atoms with Crippen LogP contribution in [0.25, 0.3) is 6.08 Å². The average Bonchev–Trinajstić information content (AvgIpc) is 2.95. The van der Waals surface area contributed by atoms with E-state index in [0.29, 0.717) is 16.5 Å². The Morgan fingerprint density at radius 3 is 2.63 bits per heavy atom. The fraction of sp³-hybridized carbons (Fsp3) is 0.143. The number of hydrogen-bond acceptors (Lipinski definition) is 4. The highest BCUT2D eigenvalue weighted by Crippen LogP contribution is 2.31. The van der Waals surface area contributed by atoms with Gasteiger partial charge in [0.2, 0.25) is 0 Å². The van der Waals surface area contributed by atoms with E-state index < -0.39 is 0 Å². The molecule has 0 aromatic heterocycles. The molecule has 0 saturated carbocycles. The minimum Gasteiger partial charge on any atom is -0.508 e. The first kappa shape index (κ1) is 19.5. The summed E-state index contributed by atoms with van der Waals surface area (Å²) in [4.78, 5) is 17.4. The van der Waals surface area contributed by atoms with E-state index in [-0.39, 0.29) is 11.7 Å². The van der Waals surface area contributed by atoms with Gasteiger partial charge in [0.25, 0.3) is 5.91 Å². The van der Waals surface area contributed by atoms with Crippen LogP contribution in [0.15, 0.2) is 57.4 Å². The number of aliphatic imine (C=N–C) groups is 1. The van der Waals surface area contributed by atoms with E-state index in [1.54, 1.807) is 24.3 Å². The lowest BCUT2D eigenvalue weighted by Crippen LogP contribution is -2.19. The van der Waals surface area contributed by atoms with Gasteiger partial charge in [-0.3, -0.25) is 4.79 Å². The summed E-state index contributed by atoms with van der Waals surface area (Å²) in [6, 6.07) is 9.21. The Morgan fingerprint density at radius 1 is 1.26 bits per heavy atom. The molecule has 0 aliphatic carbocycles. The van der Waals surface area contributed by atoms with E-state index in [4.69, 9.17) is 0 Å². The van der Waals surface area contributed by atoms with Crippen molar-refractivity contribution >= 4 is 50.5 Å². The van der Waals surface area contributed by atoms with Crippen LogP contribution < -0.4 is 5.32 Å². The van der Waals surface area contributed by atoms with Crippen molar-refractivity contribution in [3.8, 4) is 5.75 Å². The second kappa shape index (κ2) is 8.15. The standard InChI is InChI=1S/C21H19BrN2O2S/c1-4-5-15-10-14(6-7-17(15)25)11-18-20(26)24-21(27-18)23-16-8-12(2)19(22)13(3)9-16/h4,6-11,25H,1,5H2,2-3H3,(H,23,24,26)/b18-11-. The summed E-state index contributed by atoms with van der Waals surface area (Å²) >= 11 is 4.85. The van der Waals surface area contributed by atoms with Gasteiger partial charge in [0, 0.05) is 4.47 Å². The SMILES string of the molecule is C=CCc1cc(/C=C2\SC(=Nc3cc(C)c(Br)c(C)c3)NC2=O)ccc1O. The second-order valence-electron chi connectivity index (χ2n) is 6.26. The van der Waals surface area contributed by atoms with Gasteiger partial charge in [0.05, 0.1) is 10.6 Å². The lowest BCUT2D eigenvalue weighted by Gasteiger charge is -2.05. The molecule has 1 heterocycles. The molecule has 0 bridgehead atoms. The van der Waals surface area contributed by atoms with Crippen molar-refractivity contribution in [2.45, 2.75) is 20.3 Å². The number of rotatable bonds is 4. The van der Waals surface area contributed by atoms with Crippen molar-refractivity contribution in [3.05, 3.63) is 74.6 Å². The van der Waals surface area contributed by atoms with Gasteiger partial charge in [-0.05, 0) is 84.6 Å². The molecule has 27 heavy (non-hydrogen) atoms. The Hall–Kier alpha value is -2.31. The van der Waals surface area contributed by atoms with E-state index in [1.165, 1.54) is 11.8 Å². The topological polar surface area (TPSA) is 61.7 Å². The average molecular weight is 443 g/mol. The number of aryl methyl sites for hydroxylation is 2. The number of phenolic OH excluding ortho intramolecular Hbond substituents is 1. The van der Waals surface area contributed by atoms with Crippen LogP contribution in [0, 0.1) is 13.8 Å². The number of amides is 1. The van der Waals surface area contributed by atoms with Gasteiger partial charge in [-0.2, -0.15) is 0 Å². The first-order valence-corrected chi connectivity index (χ1v) is 9.97. The third-order valence-corrected chi connectivity index (χ3v) is 6.23. The number of nitrogens with one attached hydrogen (secondary N) is 1. The van der Waals surface area contributed by atoms with Gasteiger partial charge in [0.15, 0.2) is 5.17 Å². The number of nitrogens with zero attached hydrogens (tertiary/aromatic N) is 1. The van der Waals surface area contributed by atoms with Gasteiger partial charge in [0.1, 0.15) is 5.75 Å². The van der Waals surface area contributed by atoms with Crippen molar-refractivity contribution in [3.63, 3.8) is 0 Å². The molecule has 1 aliphatic heterocycles. The van der Waals surface area contributed by atoms with Crippen molar-refractivity contribution in [2.24, 2.45) is 4.99 Å². The van der Waals surface area contributed by atoms with E-state index >= 15 is 0 Å². The predicted molar refractivity (Wildman–Crippen MR) is 116 cm³/mol. The number of allylic oxidation sites excluding steroid dienone is 1. The van der Waals surface area contributed by atoms with Crippen molar-refractivity contribution in [1.82, 2.24) is 5.32 Å². The summed E-state index contributed by atoms with van der Waals surface area (Å²) in [5, 5.41) is 13.2. The highest BCUT2D eigenvalue weighted by molar-refractivity contribution is 9.10. The molecule has 2 N–H and O–H groups in total. The second-order valence-corrected chi connectivity index (χ2v) is 8.08. The highest BCUT2D eigenvalue weighted by atomic mass is 79.9. The van der Waals surface area contributed by atoms with E-state index in [2.05, 4.69) is 32.8 Å². The third kappa shape index (κ3) is 4.51. The number of amidine groups is 1. The molecule has 1 aliphatic rings. The van der Waals surface area contributed by atoms with E-state index in [0.717, 1.165) is 32.4 Å². The van der Waals surface area contributed by atoms with Crippen LogP contribution >= 0.6 is 27.7 Å². The minimum absolute atomic E-state index is 0.178. The number of benzene rings is 2. The summed E-state index contributed by atoms with van der Waals surface area (Å²) in [5.74, 6) is 0.0476. The largest absolute Gasteiger partial charge is 0.508 e. The van der Waals surface area contributed by atoms with Crippen molar-refractivity contribution in [1.29, 1.82) is 0 Å². The molecule has 1 amide bonds. The lowest BCUT2D eigenvalue weighted by molar-refractivity contribution is -0.115. The first-order valence-electron chi connectivity index (χ1n) is 8.36. The number of carbonyl (C=O) groups excluding carboxylic acids is 1. The number of halogens is 1. The van der Waals surface area contributed by atoms with Crippen molar-refractivity contribution in [2.75, 3.05) is 0 Å². The molecule has 1 saturated heterocycles. The molecule has 0 radical (unpaired) electrons. The van der Waals surface area contributed by atoms with Crippen LogP contribution in [0.1, 0.15) is 22.3 Å². The molecule has 2 aromatic rings. The van der Waals surface area contributed by atoms with Crippen LogP contribution in [-0.2, 0) is 11.2 Å². The summed E-state index contributed by atoms with van der Waals surface area (Å²) in [6.45, 7) is 7.72. The fourth-order valence-corrected chi connectivity index (χ4v) is 3.82. The molecule has 4 nitrogen and oxygen atoms in total. The molecule has 3 rings (SSSR count).